The predicted octanol–water partition coefficient (Wildman–Crippen LogP) is 2.40. The topological polar surface area (TPSA) is 41.1 Å². The van der Waals surface area contributed by atoms with E-state index < -0.39 is 0 Å². The van der Waals surface area contributed by atoms with E-state index in [2.05, 4.69) is 24.5 Å². The monoisotopic (exact) mass is 250 g/mol. The van der Waals surface area contributed by atoms with Crippen LogP contribution in [0.3, 0.4) is 0 Å². The number of hydrogen-bond donors (Lipinski definition) is 2. The van der Waals surface area contributed by atoms with Gasteiger partial charge in [-0.2, -0.15) is 0 Å². The predicted molar refractivity (Wildman–Crippen MR) is 69.8 cm³/mol. The van der Waals surface area contributed by atoms with Gasteiger partial charge < -0.3 is 10.6 Å². The summed E-state index contributed by atoms with van der Waals surface area (Å²) < 4.78 is 12.9. The summed E-state index contributed by atoms with van der Waals surface area (Å²) in [5, 5.41) is 5.79. The Hall–Kier alpha value is -1.42. The number of hydrogen-bond acceptors (Lipinski definition) is 2. The summed E-state index contributed by atoms with van der Waals surface area (Å²) in [5.41, 5.74) is 0.917. The van der Waals surface area contributed by atoms with Gasteiger partial charge in [0.2, 0.25) is 5.91 Å². The van der Waals surface area contributed by atoms with Crippen LogP contribution in [-0.2, 0) is 4.79 Å². The minimum Gasteiger partial charge on any atom is -0.325 e. The summed E-state index contributed by atoms with van der Waals surface area (Å²) in [5.74, 6) is 0.180. The zero-order valence-corrected chi connectivity index (χ0v) is 10.8. The van der Waals surface area contributed by atoms with Gasteiger partial charge in [-0.15, -0.1) is 0 Å². The minimum atomic E-state index is -0.347. The van der Waals surface area contributed by atoms with Gasteiger partial charge in [-0.1, -0.05) is 19.9 Å². The highest BCUT2D eigenvalue weighted by Crippen LogP contribution is 2.50. The first-order chi connectivity index (χ1) is 8.47. The second kappa shape index (κ2) is 5.06. The van der Waals surface area contributed by atoms with Crippen molar-refractivity contribution in [3.05, 3.63) is 30.1 Å². The van der Waals surface area contributed by atoms with Gasteiger partial charge in [0, 0.05) is 5.69 Å². The molecule has 1 aliphatic carbocycles. The molecule has 0 aliphatic heterocycles. The highest BCUT2D eigenvalue weighted by molar-refractivity contribution is 5.92. The third-order valence-corrected chi connectivity index (χ3v) is 3.50. The third kappa shape index (κ3) is 3.53. The van der Waals surface area contributed by atoms with Crippen LogP contribution in [0.15, 0.2) is 24.3 Å². The molecule has 2 rings (SSSR count). The molecule has 3 nitrogen and oxygen atoms in total. The Labute approximate surface area is 107 Å². The number of benzene rings is 1. The molecule has 1 unspecified atom stereocenters. The molecule has 98 valence electrons. The van der Waals surface area contributed by atoms with Crippen LogP contribution in [0.25, 0.3) is 0 Å². The van der Waals surface area contributed by atoms with Gasteiger partial charge in [0.1, 0.15) is 5.82 Å². The lowest BCUT2D eigenvalue weighted by molar-refractivity contribution is -0.115. The van der Waals surface area contributed by atoms with Gasteiger partial charge in [-0.25, -0.2) is 4.39 Å². The zero-order valence-electron chi connectivity index (χ0n) is 10.8. The largest absolute Gasteiger partial charge is 0.325 e. The fraction of sp³-hybridized carbons (Fsp3) is 0.500. The van der Waals surface area contributed by atoms with E-state index in [-0.39, 0.29) is 18.3 Å². The molecule has 18 heavy (non-hydrogen) atoms. The molecule has 1 fully saturated rings. The van der Waals surface area contributed by atoms with E-state index in [1.165, 1.54) is 18.6 Å². The van der Waals surface area contributed by atoms with Crippen LogP contribution < -0.4 is 10.6 Å². The number of carbonyl (C=O) groups excluding carboxylic acids is 1. The van der Waals surface area contributed by atoms with Gasteiger partial charge in [0.05, 0.1) is 6.54 Å². The Morgan fingerprint density at radius 1 is 1.50 bits per heavy atom. The average Bonchev–Trinajstić information content (AvgIpc) is 2.86. The lowest BCUT2D eigenvalue weighted by atomic mass is 10.1. The van der Waals surface area contributed by atoms with Crippen molar-refractivity contribution in [2.45, 2.75) is 20.3 Å². The van der Waals surface area contributed by atoms with Crippen molar-refractivity contribution in [1.82, 2.24) is 5.32 Å². The molecule has 1 aromatic carbocycles. The maximum absolute atomic E-state index is 12.9. The smallest absolute Gasteiger partial charge is 0.238 e. The first-order valence-corrected chi connectivity index (χ1v) is 6.23. The Morgan fingerprint density at radius 3 is 2.83 bits per heavy atom. The Balaban J connectivity index is 1.69. The summed E-state index contributed by atoms with van der Waals surface area (Å²) in [7, 11) is 0. The molecule has 0 spiro atoms. The highest BCUT2D eigenvalue weighted by Gasteiger charge is 2.44. The summed E-state index contributed by atoms with van der Waals surface area (Å²) in [4.78, 5) is 11.6. The van der Waals surface area contributed by atoms with Crippen LogP contribution in [0.4, 0.5) is 10.1 Å². The van der Waals surface area contributed by atoms with Crippen molar-refractivity contribution < 1.29 is 9.18 Å². The summed E-state index contributed by atoms with van der Waals surface area (Å²) in [6, 6.07) is 5.90. The van der Waals surface area contributed by atoms with E-state index in [4.69, 9.17) is 0 Å². The summed E-state index contributed by atoms with van der Waals surface area (Å²) in [6.07, 6.45) is 1.21. The number of nitrogens with one attached hydrogen (secondary N) is 2. The zero-order chi connectivity index (χ0) is 13.2. The van der Waals surface area contributed by atoms with Gasteiger partial charge in [0.15, 0.2) is 0 Å². The normalized spacial score (nSPS) is 20.5. The van der Waals surface area contributed by atoms with E-state index in [9.17, 15) is 9.18 Å². The molecule has 1 amide bonds. The van der Waals surface area contributed by atoms with Crippen LogP contribution in [0.5, 0.6) is 0 Å². The van der Waals surface area contributed by atoms with Gasteiger partial charge in [-0.05, 0) is 42.5 Å². The fourth-order valence-electron chi connectivity index (χ4n) is 2.06. The van der Waals surface area contributed by atoms with E-state index in [0.717, 1.165) is 6.54 Å². The Morgan fingerprint density at radius 2 is 2.22 bits per heavy atom. The minimum absolute atomic E-state index is 0.140. The van der Waals surface area contributed by atoms with Crippen molar-refractivity contribution >= 4 is 11.6 Å². The van der Waals surface area contributed by atoms with Crippen molar-refractivity contribution in [2.75, 3.05) is 18.4 Å². The average molecular weight is 250 g/mol. The molecule has 0 aromatic heterocycles. The highest BCUT2D eigenvalue weighted by atomic mass is 19.1. The molecular weight excluding hydrogens is 231 g/mol. The molecule has 1 aromatic rings. The summed E-state index contributed by atoms with van der Waals surface area (Å²) in [6.45, 7) is 5.59. The van der Waals surface area contributed by atoms with E-state index in [1.807, 2.05) is 0 Å². The number of carbonyl (C=O) groups is 1. The van der Waals surface area contributed by atoms with Crippen molar-refractivity contribution in [1.29, 1.82) is 0 Å². The van der Waals surface area contributed by atoms with Crippen LogP contribution in [-0.4, -0.2) is 19.0 Å². The third-order valence-electron chi connectivity index (χ3n) is 3.50. The number of amides is 1. The van der Waals surface area contributed by atoms with E-state index in [1.54, 1.807) is 12.1 Å². The van der Waals surface area contributed by atoms with Crippen molar-refractivity contribution in [3.63, 3.8) is 0 Å². The Bertz CT molecular complexity index is 445. The van der Waals surface area contributed by atoms with Gasteiger partial charge in [-0.3, -0.25) is 4.79 Å². The molecule has 1 saturated carbocycles. The van der Waals surface area contributed by atoms with Crippen molar-refractivity contribution in [2.24, 2.45) is 11.3 Å². The second-order valence-electron chi connectivity index (χ2n) is 5.58. The SMILES string of the molecule is CC1(C)CC1CNCC(=O)Nc1cccc(F)c1. The number of anilines is 1. The van der Waals surface area contributed by atoms with Gasteiger partial charge in [0.25, 0.3) is 0 Å². The first-order valence-electron chi connectivity index (χ1n) is 6.23. The van der Waals surface area contributed by atoms with Crippen LogP contribution in [0.1, 0.15) is 20.3 Å². The molecule has 0 saturated heterocycles. The number of halogens is 1. The second-order valence-corrected chi connectivity index (χ2v) is 5.58. The molecule has 0 heterocycles. The fourth-order valence-corrected chi connectivity index (χ4v) is 2.06. The molecule has 2 N–H and O–H groups in total. The number of rotatable bonds is 5. The van der Waals surface area contributed by atoms with E-state index >= 15 is 0 Å². The lowest BCUT2D eigenvalue weighted by Gasteiger charge is -2.07. The van der Waals surface area contributed by atoms with Crippen molar-refractivity contribution in [3.8, 4) is 0 Å². The lowest BCUT2D eigenvalue weighted by Crippen LogP contribution is -2.30. The molecule has 1 atom stereocenters. The molecule has 0 bridgehead atoms. The standard InChI is InChI=1S/C14H19FN2O/c1-14(2)7-10(14)8-16-9-13(18)17-12-5-3-4-11(15)6-12/h3-6,10,16H,7-9H2,1-2H3,(H,17,18). The quantitative estimate of drug-likeness (QED) is 0.842. The Kier molecular flexibility index (Phi) is 3.66. The molecule has 0 radical (unpaired) electrons. The maximum atomic E-state index is 12.9. The van der Waals surface area contributed by atoms with Crippen LogP contribution in [0.2, 0.25) is 0 Å². The first kappa shape index (κ1) is 13.0. The van der Waals surface area contributed by atoms with Gasteiger partial charge >= 0.3 is 0 Å². The summed E-state index contributed by atoms with van der Waals surface area (Å²) >= 11 is 0. The maximum Gasteiger partial charge on any atom is 0.238 e. The molecule has 1 aliphatic rings. The molecule has 4 heteroatoms. The molecular formula is C14H19FN2O. The van der Waals surface area contributed by atoms with E-state index in [0.29, 0.717) is 17.0 Å². The van der Waals surface area contributed by atoms with Crippen LogP contribution in [0, 0.1) is 17.2 Å². The van der Waals surface area contributed by atoms with Crippen LogP contribution >= 0.6 is 0 Å².